The van der Waals surface area contributed by atoms with Gasteiger partial charge >= 0.3 is 5.97 Å². The van der Waals surface area contributed by atoms with Crippen LogP contribution in [0.3, 0.4) is 0 Å². The number of halogens is 1. The molecule has 1 amide bonds. The molecule has 0 saturated carbocycles. The Bertz CT molecular complexity index is 389. The number of nitrogens with one attached hydrogen (secondary N) is 1. The van der Waals surface area contributed by atoms with Gasteiger partial charge in [0.2, 0.25) is 0 Å². The van der Waals surface area contributed by atoms with E-state index in [1.54, 1.807) is 19.1 Å². The van der Waals surface area contributed by atoms with E-state index in [0.29, 0.717) is 5.56 Å². The van der Waals surface area contributed by atoms with E-state index in [2.05, 4.69) is 32.6 Å². The summed E-state index contributed by atoms with van der Waals surface area (Å²) in [7, 11) is 1.29. The molecule has 0 saturated heterocycles. The van der Waals surface area contributed by atoms with Crippen molar-refractivity contribution < 1.29 is 14.3 Å². The Morgan fingerprint density at radius 3 is 2.38 bits per heavy atom. The van der Waals surface area contributed by atoms with E-state index >= 15 is 0 Å². The first-order valence-corrected chi connectivity index (χ1v) is 5.76. The molecule has 0 radical (unpaired) electrons. The van der Waals surface area contributed by atoms with Crippen LogP contribution < -0.4 is 5.32 Å². The fraction of sp³-hybridized carbons (Fsp3) is 0.273. The van der Waals surface area contributed by atoms with Crippen molar-refractivity contribution in [3.05, 3.63) is 33.4 Å². The average molecular weight is 333 g/mol. The van der Waals surface area contributed by atoms with Gasteiger partial charge in [-0.25, -0.2) is 4.79 Å². The Hall–Kier alpha value is -1.11. The Labute approximate surface area is 108 Å². The lowest BCUT2D eigenvalue weighted by atomic mass is 10.2. The molecule has 0 aliphatic rings. The Morgan fingerprint density at radius 2 is 1.88 bits per heavy atom. The highest BCUT2D eigenvalue weighted by Gasteiger charge is 2.16. The molecule has 0 fully saturated rings. The molecule has 5 heteroatoms. The zero-order valence-electron chi connectivity index (χ0n) is 8.99. The van der Waals surface area contributed by atoms with Crippen molar-refractivity contribution in [1.29, 1.82) is 0 Å². The van der Waals surface area contributed by atoms with Gasteiger partial charge in [0.25, 0.3) is 5.91 Å². The van der Waals surface area contributed by atoms with Gasteiger partial charge in [-0.1, -0.05) is 0 Å². The second-order valence-electron chi connectivity index (χ2n) is 3.23. The van der Waals surface area contributed by atoms with E-state index in [4.69, 9.17) is 0 Å². The van der Waals surface area contributed by atoms with Gasteiger partial charge in [-0.2, -0.15) is 0 Å². The smallest absolute Gasteiger partial charge is 0.328 e. The van der Waals surface area contributed by atoms with Crippen molar-refractivity contribution in [1.82, 2.24) is 5.32 Å². The summed E-state index contributed by atoms with van der Waals surface area (Å²) in [6, 6.07) is 6.44. The molecule has 86 valence electrons. The molecule has 0 aliphatic heterocycles. The van der Waals surface area contributed by atoms with Gasteiger partial charge in [0.05, 0.1) is 7.11 Å². The van der Waals surface area contributed by atoms with Gasteiger partial charge in [0.15, 0.2) is 0 Å². The van der Waals surface area contributed by atoms with Crippen LogP contribution in [-0.2, 0) is 9.53 Å². The molecule has 0 aromatic heterocycles. The Kier molecular flexibility index (Phi) is 4.72. The number of rotatable bonds is 3. The molecule has 4 nitrogen and oxygen atoms in total. The lowest BCUT2D eigenvalue weighted by Gasteiger charge is -2.11. The summed E-state index contributed by atoms with van der Waals surface area (Å²) in [5.74, 6) is -0.742. The van der Waals surface area contributed by atoms with Gasteiger partial charge in [-0.3, -0.25) is 4.79 Å². The predicted molar refractivity (Wildman–Crippen MR) is 68.1 cm³/mol. The topological polar surface area (TPSA) is 55.4 Å². The first-order valence-electron chi connectivity index (χ1n) is 4.69. The SMILES string of the molecule is COC(=O)C(C)NC(=O)c1ccc(I)cc1. The average Bonchev–Trinajstić information content (AvgIpc) is 2.28. The molecule has 1 unspecified atom stereocenters. The van der Waals surface area contributed by atoms with Crippen molar-refractivity contribution in [2.75, 3.05) is 7.11 Å². The van der Waals surface area contributed by atoms with Crippen LogP contribution in [-0.4, -0.2) is 25.0 Å². The van der Waals surface area contributed by atoms with Gasteiger partial charge in [0, 0.05) is 9.13 Å². The van der Waals surface area contributed by atoms with Gasteiger partial charge in [-0.15, -0.1) is 0 Å². The van der Waals surface area contributed by atoms with Crippen LogP contribution in [0.1, 0.15) is 17.3 Å². The van der Waals surface area contributed by atoms with Crippen molar-refractivity contribution in [3.8, 4) is 0 Å². The second kappa shape index (κ2) is 5.83. The van der Waals surface area contributed by atoms with Crippen LogP contribution in [0.2, 0.25) is 0 Å². The van der Waals surface area contributed by atoms with Crippen LogP contribution in [0.15, 0.2) is 24.3 Å². The summed E-state index contributed by atoms with van der Waals surface area (Å²) in [6.07, 6.45) is 0. The Morgan fingerprint density at radius 1 is 1.31 bits per heavy atom. The maximum atomic E-state index is 11.7. The summed E-state index contributed by atoms with van der Waals surface area (Å²) >= 11 is 2.16. The Balaban J connectivity index is 2.65. The van der Waals surface area contributed by atoms with E-state index in [1.165, 1.54) is 7.11 Å². The number of hydrogen-bond donors (Lipinski definition) is 1. The molecule has 0 aliphatic carbocycles. The summed E-state index contributed by atoms with van der Waals surface area (Å²) < 4.78 is 5.56. The number of amides is 1. The van der Waals surface area contributed by atoms with Gasteiger partial charge < -0.3 is 10.1 Å². The summed E-state index contributed by atoms with van der Waals surface area (Å²) in [5, 5.41) is 2.55. The number of hydrogen-bond acceptors (Lipinski definition) is 3. The molecule has 1 N–H and O–H groups in total. The standard InChI is InChI=1S/C11H12INO3/c1-7(11(15)16-2)13-10(14)8-3-5-9(12)6-4-8/h3-7H,1-2H3,(H,13,14). The molecule has 1 aromatic rings. The van der Waals surface area contributed by atoms with Crippen molar-refractivity contribution in [2.24, 2.45) is 0 Å². The van der Waals surface area contributed by atoms with E-state index < -0.39 is 12.0 Å². The van der Waals surface area contributed by atoms with Crippen LogP contribution in [0.4, 0.5) is 0 Å². The maximum Gasteiger partial charge on any atom is 0.328 e. The number of methoxy groups -OCH3 is 1. The molecule has 1 rings (SSSR count). The summed E-state index contributed by atoms with van der Waals surface area (Å²) in [4.78, 5) is 22.8. The minimum Gasteiger partial charge on any atom is -0.467 e. The van der Waals surface area contributed by atoms with Gasteiger partial charge in [-0.05, 0) is 53.8 Å². The van der Waals surface area contributed by atoms with Crippen molar-refractivity contribution >= 4 is 34.5 Å². The highest BCUT2D eigenvalue weighted by Crippen LogP contribution is 2.06. The molecule has 0 bridgehead atoms. The molecule has 1 atom stereocenters. The third-order valence-electron chi connectivity index (χ3n) is 2.01. The zero-order valence-corrected chi connectivity index (χ0v) is 11.1. The first kappa shape index (κ1) is 13.0. The fourth-order valence-corrected chi connectivity index (χ4v) is 1.48. The lowest BCUT2D eigenvalue weighted by molar-refractivity contribution is -0.142. The largest absolute Gasteiger partial charge is 0.467 e. The normalized spacial score (nSPS) is 11.7. The molecule has 16 heavy (non-hydrogen) atoms. The number of carbonyl (C=O) groups is 2. The fourth-order valence-electron chi connectivity index (χ4n) is 1.12. The number of benzene rings is 1. The number of esters is 1. The van der Waals surface area contributed by atoms with Crippen LogP contribution in [0.25, 0.3) is 0 Å². The maximum absolute atomic E-state index is 11.7. The molecule has 1 aromatic carbocycles. The zero-order chi connectivity index (χ0) is 12.1. The molecule has 0 spiro atoms. The number of ether oxygens (including phenoxy) is 1. The second-order valence-corrected chi connectivity index (χ2v) is 4.47. The van der Waals surface area contributed by atoms with Crippen molar-refractivity contribution in [2.45, 2.75) is 13.0 Å². The van der Waals surface area contributed by atoms with Crippen LogP contribution >= 0.6 is 22.6 Å². The van der Waals surface area contributed by atoms with E-state index in [1.807, 2.05) is 12.1 Å². The first-order chi connectivity index (χ1) is 7.54. The van der Waals surface area contributed by atoms with Crippen LogP contribution in [0.5, 0.6) is 0 Å². The van der Waals surface area contributed by atoms with Crippen LogP contribution in [0, 0.1) is 3.57 Å². The predicted octanol–water partition coefficient (Wildman–Crippen LogP) is 1.58. The van der Waals surface area contributed by atoms with E-state index in [9.17, 15) is 9.59 Å². The highest BCUT2D eigenvalue weighted by molar-refractivity contribution is 14.1. The molecular formula is C11H12INO3. The third kappa shape index (κ3) is 3.48. The van der Waals surface area contributed by atoms with E-state index in [-0.39, 0.29) is 5.91 Å². The third-order valence-corrected chi connectivity index (χ3v) is 2.73. The quantitative estimate of drug-likeness (QED) is 0.675. The summed E-state index contributed by atoms with van der Waals surface area (Å²) in [6.45, 7) is 1.58. The lowest BCUT2D eigenvalue weighted by Crippen LogP contribution is -2.39. The van der Waals surface area contributed by atoms with E-state index in [0.717, 1.165) is 3.57 Å². The molecule has 0 heterocycles. The summed E-state index contributed by atoms with van der Waals surface area (Å²) in [5.41, 5.74) is 0.524. The monoisotopic (exact) mass is 333 g/mol. The molecular weight excluding hydrogens is 321 g/mol. The van der Waals surface area contributed by atoms with Gasteiger partial charge in [0.1, 0.15) is 6.04 Å². The van der Waals surface area contributed by atoms with Crippen molar-refractivity contribution in [3.63, 3.8) is 0 Å². The highest BCUT2D eigenvalue weighted by atomic mass is 127. The minimum atomic E-state index is -0.642. The minimum absolute atomic E-state index is 0.283. The number of carbonyl (C=O) groups excluding carboxylic acids is 2.